The highest BCUT2D eigenvalue weighted by molar-refractivity contribution is 5.92. The van der Waals surface area contributed by atoms with Gasteiger partial charge in [-0.3, -0.25) is 9.36 Å². The summed E-state index contributed by atoms with van der Waals surface area (Å²) in [5.41, 5.74) is 4.44. The van der Waals surface area contributed by atoms with E-state index in [2.05, 4.69) is 20.6 Å². The van der Waals surface area contributed by atoms with E-state index in [0.29, 0.717) is 43.1 Å². The number of carbonyl (C=O) groups is 2. The fourth-order valence-corrected chi connectivity index (χ4v) is 9.15. The number of nitrogens with zero attached hydrogens (tertiary/aromatic N) is 4. The van der Waals surface area contributed by atoms with E-state index in [1.54, 1.807) is 30.2 Å². The number of fused-ring (bicyclic) bond motifs is 7. The van der Waals surface area contributed by atoms with E-state index >= 15 is 8.78 Å². The first-order valence-electron chi connectivity index (χ1n) is 18.6. The van der Waals surface area contributed by atoms with Crippen LogP contribution in [0.4, 0.5) is 13.6 Å². The number of allylic oxidation sites excluding steroid dienone is 4. The average Bonchev–Trinajstić information content (AvgIpc) is 3.87. The Morgan fingerprint density at radius 1 is 1.09 bits per heavy atom. The van der Waals surface area contributed by atoms with Gasteiger partial charge in [-0.2, -0.15) is 8.78 Å². The molecule has 0 radical (unpaired) electrons. The summed E-state index contributed by atoms with van der Waals surface area (Å²) >= 11 is 0. The summed E-state index contributed by atoms with van der Waals surface area (Å²) in [6, 6.07) is 10.8. The van der Waals surface area contributed by atoms with Crippen LogP contribution in [0.25, 0.3) is 27.7 Å². The van der Waals surface area contributed by atoms with E-state index < -0.39 is 29.8 Å². The summed E-state index contributed by atoms with van der Waals surface area (Å²) in [6.07, 6.45) is 10.8. The number of carbonyl (C=O) groups excluding carboxylic acids is 2. The smallest absolute Gasteiger partial charge is 0.407 e. The molecule has 5 aliphatic rings. The van der Waals surface area contributed by atoms with Crippen molar-refractivity contribution in [3.05, 3.63) is 88.8 Å². The number of benzene rings is 2. The molecule has 13 heteroatoms. The average molecular weight is 724 g/mol. The van der Waals surface area contributed by atoms with Crippen molar-refractivity contribution in [3.63, 3.8) is 0 Å². The highest BCUT2D eigenvalue weighted by atomic mass is 19.3. The molecule has 276 valence electrons. The fraction of sp³-hybridized carbons (Fsp3) is 0.450. The zero-order valence-corrected chi connectivity index (χ0v) is 30.0. The lowest BCUT2D eigenvalue weighted by molar-refractivity contribution is -0.139. The summed E-state index contributed by atoms with van der Waals surface area (Å²) in [6.45, 7) is 2.85. The molecule has 53 heavy (non-hydrogen) atoms. The summed E-state index contributed by atoms with van der Waals surface area (Å²) in [4.78, 5) is 40.7. The molecular weight excluding hydrogens is 680 g/mol. The fourth-order valence-electron chi connectivity index (χ4n) is 9.15. The van der Waals surface area contributed by atoms with E-state index in [0.717, 1.165) is 45.9 Å². The Morgan fingerprint density at radius 3 is 2.68 bits per heavy atom. The van der Waals surface area contributed by atoms with Crippen LogP contribution in [0.15, 0.2) is 60.3 Å². The molecule has 1 spiro atoms. The molecule has 3 N–H and O–H groups in total. The Labute approximate surface area is 305 Å². The second kappa shape index (κ2) is 12.6. The maximum Gasteiger partial charge on any atom is 0.407 e. The number of aromatic nitrogens is 4. The molecule has 11 nitrogen and oxygen atoms in total. The standard InChI is InChI=1S/C40H43F2N7O4/c1-22(52-2)35(47-38(51)53-3)36(50)48-16-6-15-39(48)37-44-20-33(49(37)39)25-10-13-28-27-12-9-23(17-29(27)40(41,42)30(28)18-25)24-11-14-31-32(19-24)46-34(45-31)21-43-26-7-4-5-8-26/h9,11-14,17-20,22,25-26,35,43H,4-8,10,15-16,21H2,1-3H3,(H,45,46)(H,47,51). The molecule has 4 atom stereocenters. The number of rotatable bonds is 9. The maximum atomic E-state index is 16.5. The summed E-state index contributed by atoms with van der Waals surface area (Å²) in [7, 11) is 2.72. The number of hydrogen-bond acceptors (Lipinski definition) is 7. The van der Waals surface area contributed by atoms with Crippen molar-refractivity contribution in [3.8, 4) is 11.1 Å². The summed E-state index contributed by atoms with van der Waals surface area (Å²) in [5, 5.41) is 6.21. The third kappa shape index (κ3) is 5.33. The Kier molecular flexibility index (Phi) is 8.08. The minimum atomic E-state index is -3.19. The number of methoxy groups -OCH3 is 2. The minimum absolute atomic E-state index is 0.00354. The Bertz CT molecular complexity index is 2200. The first-order chi connectivity index (χ1) is 25.6. The van der Waals surface area contributed by atoms with Crippen LogP contribution in [-0.2, 0) is 32.4 Å². The van der Waals surface area contributed by atoms with Crippen LogP contribution in [0.2, 0.25) is 0 Å². The number of alkyl carbamates (subject to hydrolysis) is 1. The molecule has 2 aromatic carbocycles. The van der Waals surface area contributed by atoms with Gasteiger partial charge >= 0.3 is 6.09 Å². The van der Waals surface area contributed by atoms with Crippen LogP contribution in [0.3, 0.4) is 0 Å². The van der Waals surface area contributed by atoms with Gasteiger partial charge in [0, 0.05) is 48.6 Å². The van der Waals surface area contributed by atoms with E-state index in [4.69, 9.17) is 14.5 Å². The topological polar surface area (TPSA) is 126 Å². The number of hydrogen-bond donors (Lipinski definition) is 3. The van der Waals surface area contributed by atoms with Gasteiger partial charge in [0.25, 0.3) is 5.92 Å². The van der Waals surface area contributed by atoms with Gasteiger partial charge in [-0.05, 0) is 79.5 Å². The number of aromatic amines is 1. The zero-order chi connectivity index (χ0) is 36.6. The second-order valence-electron chi connectivity index (χ2n) is 15.0. The van der Waals surface area contributed by atoms with E-state index in [-0.39, 0.29) is 23.0 Å². The number of imidazole rings is 2. The van der Waals surface area contributed by atoms with Crippen LogP contribution in [0.1, 0.15) is 86.3 Å². The molecule has 9 rings (SSSR count). The van der Waals surface area contributed by atoms with Gasteiger partial charge in [0.15, 0.2) is 11.5 Å². The Hall–Kier alpha value is -4.88. The monoisotopic (exact) mass is 723 g/mol. The van der Waals surface area contributed by atoms with E-state index in [9.17, 15) is 9.59 Å². The first-order valence-corrected chi connectivity index (χ1v) is 18.6. The van der Waals surface area contributed by atoms with Crippen molar-refractivity contribution >= 4 is 28.6 Å². The molecule has 4 unspecified atom stereocenters. The molecule has 1 saturated carbocycles. The van der Waals surface area contributed by atoms with Gasteiger partial charge < -0.3 is 30.0 Å². The van der Waals surface area contributed by atoms with Gasteiger partial charge in [0.2, 0.25) is 5.91 Å². The van der Waals surface area contributed by atoms with Crippen LogP contribution in [0.5, 0.6) is 0 Å². The molecular formula is C40H43F2N7O4. The SMILES string of the molecule is COC(=O)NC(C(=O)N1CCCC12c1ncc(C3C=C4C(=CC3)c3ccc(-c5ccc6nc(CNC7CCCC7)[nH]c6c5)cc3C4(F)F)n12)C(C)OC. The lowest BCUT2D eigenvalue weighted by atomic mass is 9.88. The Balaban J connectivity index is 0.963. The van der Waals surface area contributed by atoms with Crippen molar-refractivity contribution in [1.82, 2.24) is 35.1 Å². The number of likely N-dealkylation sites (tertiary alicyclic amines) is 1. The molecule has 2 amide bonds. The maximum absolute atomic E-state index is 16.5. The molecule has 1 saturated heterocycles. The highest BCUT2D eigenvalue weighted by Crippen LogP contribution is 2.58. The molecule has 4 heterocycles. The second-order valence-corrected chi connectivity index (χ2v) is 15.0. The van der Waals surface area contributed by atoms with Crippen LogP contribution in [0, 0.1) is 0 Å². The molecule has 3 aliphatic carbocycles. The third-order valence-corrected chi connectivity index (χ3v) is 12.0. The summed E-state index contributed by atoms with van der Waals surface area (Å²) in [5.74, 6) is -2.25. The van der Waals surface area contributed by atoms with Gasteiger partial charge in [0.05, 0.1) is 30.8 Å². The number of ether oxygens (including phenoxy) is 2. The quantitative estimate of drug-likeness (QED) is 0.181. The van der Waals surface area contributed by atoms with Crippen molar-refractivity contribution < 1.29 is 27.8 Å². The van der Waals surface area contributed by atoms with Crippen molar-refractivity contribution in [1.29, 1.82) is 0 Å². The number of alkyl halides is 2. The van der Waals surface area contributed by atoms with Crippen molar-refractivity contribution in [2.24, 2.45) is 0 Å². The molecule has 2 aliphatic heterocycles. The number of H-pyrrole nitrogens is 1. The predicted octanol–water partition coefficient (Wildman–Crippen LogP) is 6.46. The van der Waals surface area contributed by atoms with E-state index in [1.807, 2.05) is 41.0 Å². The Morgan fingerprint density at radius 2 is 1.89 bits per heavy atom. The molecule has 0 bridgehead atoms. The van der Waals surface area contributed by atoms with Crippen molar-refractivity contribution in [2.45, 2.75) is 94.1 Å². The first kappa shape index (κ1) is 33.9. The lowest BCUT2D eigenvalue weighted by Crippen LogP contribution is -2.56. The molecule has 4 aromatic rings. The zero-order valence-electron chi connectivity index (χ0n) is 30.0. The largest absolute Gasteiger partial charge is 0.453 e. The van der Waals surface area contributed by atoms with Crippen LogP contribution < -0.4 is 10.6 Å². The van der Waals surface area contributed by atoms with Crippen molar-refractivity contribution in [2.75, 3.05) is 20.8 Å². The van der Waals surface area contributed by atoms with E-state index in [1.165, 1.54) is 39.9 Å². The number of amides is 2. The number of nitrogens with one attached hydrogen (secondary N) is 3. The highest BCUT2D eigenvalue weighted by Gasteiger charge is 2.63. The van der Waals surface area contributed by atoms with Gasteiger partial charge in [-0.25, -0.2) is 14.8 Å². The predicted molar refractivity (Wildman–Crippen MR) is 194 cm³/mol. The van der Waals surface area contributed by atoms with Gasteiger partial charge in [-0.1, -0.05) is 43.2 Å². The third-order valence-electron chi connectivity index (χ3n) is 12.0. The number of halogens is 2. The summed E-state index contributed by atoms with van der Waals surface area (Å²) < 4.78 is 45.2. The normalized spacial score (nSPS) is 23.7. The molecule has 2 fully saturated rings. The van der Waals surface area contributed by atoms with Crippen LogP contribution >= 0.6 is 0 Å². The minimum Gasteiger partial charge on any atom is -0.453 e. The molecule has 2 aromatic heterocycles. The van der Waals surface area contributed by atoms with Crippen LogP contribution in [-0.4, -0.2) is 75.4 Å². The van der Waals surface area contributed by atoms with Gasteiger partial charge in [0.1, 0.15) is 11.9 Å². The lowest BCUT2D eigenvalue weighted by Gasteiger charge is -2.32. The van der Waals surface area contributed by atoms with Gasteiger partial charge in [-0.15, -0.1) is 0 Å².